The van der Waals surface area contributed by atoms with Crippen LogP contribution in [0.2, 0.25) is 0 Å². The summed E-state index contributed by atoms with van der Waals surface area (Å²) in [5, 5.41) is 11.8. The molecule has 5 nitrogen and oxygen atoms in total. The summed E-state index contributed by atoms with van der Waals surface area (Å²) < 4.78 is 0. The number of nitrogens with zero attached hydrogens (tertiary/aromatic N) is 1. The summed E-state index contributed by atoms with van der Waals surface area (Å²) in [6.45, 7) is 2.16. The van der Waals surface area contributed by atoms with E-state index in [2.05, 4.69) is 5.32 Å². The Balaban J connectivity index is 1.63. The second-order valence-electron chi connectivity index (χ2n) is 4.97. The van der Waals surface area contributed by atoms with Crippen LogP contribution in [0.25, 0.3) is 0 Å². The van der Waals surface area contributed by atoms with Gasteiger partial charge in [-0.3, -0.25) is 9.59 Å². The Labute approximate surface area is 101 Å². The number of rotatable bonds is 5. The third-order valence-electron chi connectivity index (χ3n) is 3.51. The number of hydrogen-bond donors (Lipinski definition) is 2. The summed E-state index contributed by atoms with van der Waals surface area (Å²) in [4.78, 5) is 24.1. The maximum Gasteiger partial charge on any atom is 0.304 e. The number of amides is 1. The van der Waals surface area contributed by atoms with Crippen LogP contribution in [-0.2, 0) is 9.59 Å². The molecule has 0 aromatic carbocycles. The lowest BCUT2D eigenvalue weighted by Crippen LogP contribution is -2.45. The number of piperidine rings is 1. The number of nitrogens with one attached hydrogen (secondary N) is 1. The molecule has 0 aromatic rings. The van der Waals surface area contributed by atoms with Gasteiger partial charge in [0.15, 0.2) is 0 Å². The molecule has 0 spiro atoms. The fourth-order valence-electron chi connectivity index (χ4n) is 2.28. The van der Waals surface area contributed by atoms with Crippen LogP contribution in [-0.4, -0.2) is 47.6 Å². The Morgan fingerprint density at radius 1 is 1.18 bits per heavy atom. The average molecular weight is 240 g/mol. The van der Waals surface area contributed by atoms with E-state index < -0.39 is 5.97 Å². The number of carboxylic acids is 1. The average Bonchev–Trinajstić information content (AvgIpc) is 3.12. The largest absolute Gasteiger partial charge is 0.481 e. The van der Waals surface area contributed by atoms with Crippen LogP contribution in [0.1, 0.15) is 32.1 Å². The van der Waals surface area contributed by atoms with Crippen LogP contribution in [0.15, 0.2) is 0 Å². The predicted octanol–water partition coefficient (Wildman–Crippen LogP) is 0.452. The van der Waals surface area contributed by atoms with Crippen molar-refractivity contribution < 1.29 is 14.7 Å². The van der Waals surface area contributed by atoms with Crippen molar-refractivity contribution in [2.75, 3.05) is 19.6 Å². The minimum Gasteiger partial charge on any atom is -0.481 e. The highest BCUT2D eigenvalue weighted by molar-refractivity contribution is 5.81. The summed E-state index contributed by atoms with van der Waals surface area (Å²) in [5.41, 5.74) is 0. The van der Waals surface area contributed by atoms with Crippen molar-refractivity contribution in [1.82, 2.24) is 10.2 Å². The quantitative estimate of drug-likeness (QED) is 0.732. The first kappa shape index (κ1) is 12.4. The van der Waals surface area contributed by atoms with Gasteiger partial charge in [-0.2, -0.15) is 0 Å². The highest BCUT2D eigenvalue weighted by Gasteiger charge is 2.34. The molecule has 2 fully saturated rings. The number of carboxylic acid groups (broad SMARTS) is 1. The molecule has 0 unspecified atom stereocenters. The van der Waals surface area contributed by atoms with E-state index in [1.807, 2.05) is 4.90 Å². The van der Waals surface area contributed by atoms with Gasteiger partial charge in [0.25, 0.3) is 0 Å². The Bertz CT molecular complexity index is 294. The molecule has 17 heavy (non-hydrogen) atoms. The summed E-state index contributed by atoms with van der Waals surface area (Å²) in [6, 6.07) is 0.373. The molecule has 1 aliphatic carbocycles. The van der Waals surface area contributed by atoms with Gasteiger partial charge in [0.1, 0.15) is 0 Å². The van der Waals surface area contributed by atoms with Crippen molar-refractivity contribution in [1.29, 1.82) is 0 Å². The van der Waals surface area contributed by atoms with Crippen molar-refractivity contribution in [2.45, 2.75) is 38.1 Å². The van der Waals surface area contributed by atoms with Gasteiger partial charge in [0, 0.05) is 31.6 Å². The summed E-state index contributed by atoms with van der Waals surface area (Å²) in [5.74, 6) is -0.126. The zero-order valence-electron chi connectivity index (χ0n) is 10.0. The molecule has 0 aromatic heterocycles. The smallest absolute Gasteiger partial charge is 0.304 e. The van der Waals surface area contributed by atoms with E-state index in [9.17, 15) is 9.59 Å². The van der Waals surface area contributed by atoms with E-state index in [1.165, 1.54) is 0 Å². The van der Waals surface area contributed by atoms with Crippen LogP contribution in [0.3, 0.4) is 0 Å². The molecule has 96 valence electrons. The molecule has 1 saturated heterocycles. The van der Waals surface area contributed by atoms with Crippen LogP contribution in [0, 0.1) is 5.92 Å². The molecule has 1 amide bonds. The standard InChI is InChI=1S/C12H20N2O3/c15-11(16)3-6-13-10-4-7-14(8-5-10)12(17)9-1-2-9/h9-10,13H,1-8H2,(H,15,16). The number of aliphatic carboxylic acids is 1. The minimum absolute atomic E-state index is 0.168. The van der Waals surface area contributed by atoms with E-state index in [0.717, 1.165) is 38.8 Å². The molecule has 0 radical (unpaired) electrons. The number of likely N-dealkylation sites (tertiary alicyclic amines) is 1. The van der Waals surface area contributed by atoms with E-state index in [-0.39, 0.29) is 6.42 Å². The van der Waals surface area contributed by atoms with Crippen molar-refractivity contribution >= 4 is 11.9 Å². The minimum atomic E-state index is -0.765. The third-order valence-corrected chi connectivity index (χ3v) is 3.51. The molecular weight excluding hydrogens is 220 g/mol. The monoisotopic (exact) mass is 240 g/mol. The van der Waals surface area contributed by atoms with E-state index >= 15 is 0 Å². The maximum absolute atomic E-state index is 11.8. The van der Waals surface area contributed by atoms with Gasteiger partial charge < -0.3 is 15.3 Å². The van der Waals surface area contributed by atoms with Crippen molar-refractivity contribution in [3.05, 3.63) is 0 Å². The summed E-state index contributed by atoms with van der Waals surface area (Å²) in [6.07, 6.45) is 4.18. The molecule has 0 bridgehead atoms. The second-order valence-corrected chi connectivity index (χ2v) is 4.97. The number of carbonyl (C=O) groups is 2. The zero-order valence-corrected chi connectivity index (χ0v) is 10.0. The molecule has 1 saturated carbocycles. The molecule has 2 rings (SSSR count). The lowest BCUT2D eigenvalue weighted by molar-refractivity contribution is -0.136. The molecule has 5 heteroatoms. The van der Waals surface area contributed by atoms with Crippen LogP contribution >= 0.6 is 0 Å². The SMILES string of the molecule is O=C(O)CCNC1CCN(C(=O)C2CC2)CC1. The molecule has 2 N–H and O–H groups in total. The molecule has 1 aliphatic heterocycles. The van der Waals surface area contributed by atoms with Gasteiger partial charge in [0.2, 0.25) is 5.91 Å². The van der Waals surface area contributed by atoms with E-state index in [4.69, 9.17) is 5.11 Å². The Hall–Kier alpha value is -1.10. The normalized spacial score (nSPS) is 21.5. The Kier molecular flexibility index (Phi) is 3.99. The van der Waals surface area contributed by atoms with Gasteiger partial charge in [-0.15, -0.1) is 0 Å². The lowest BCUT2D eigenvalue weighted by atomic mass is 10.0. The third kappa shape index (κ3) is 3.70. The van der Waals surface area contributed by atoms with Gasteiger partial charge in [0.05, 0.1) is 6.42 Å². The second kappa shape index (κ2) is 5.49. The van der Waals surface area contributed by atoms with Crippen LogP contribution in [0.5, 0.6) is 0 Å². The van der Waals surface area contributed by atoms with Crippen LogP contribution in [0.4, 0.5) is 0 Å². The molecular formula is C12H20N2O3. The Morgan fingerprint density at radius 3 is 2.35 bits per heavy atom. The first-order valence-corrected chi connectivity index (χ1v) is 6.41. The van der Waals surface area contributed by atoms with Gasteiger partial charge >= 0.3 is 5.97 Å². The number of carbonyl (C=O) groups excluding carboxylic acids is 1. The van der Waals surface area contributed by atoms with Gasteiger partial charge in [-0.05, 0) is 25.7 Å². The topological polar surface area (TPSA) is 69.6 Å². The zero-order chi connectivity index (χ0) is 12.3. The number of hydrogen-bond acceptors (Lipinski definition) is 3. The van der Waals surface area contributed by atoms with Crippen molar-refractivity contribution in [3.8, 4) is 0 Å². The van der Waals surface area contributed by atoms with Gasteiger partial charge in [-0.25, -0.2) is 0 Å². The molecule has 1 heterocycles. The highest BCUT2D eigenvalue weighted by atomic mass is 16.4. The molecule has 2 aliphatic rings. The first-order chi connectivity index (χ1) is 8.16. The fraction of sp³-hybridized carbons (Fsp3) is 0.833. The van der Waals surface area contributed by atoms with Gasteiger partial charge in [-0.1, -0.05) is 0 Å². The predicted molar refractivity (Wildman–Crippen MR) is 62.6 cm³/mol. The first-order valence-electron chi connectivity index (χ1n) is 6.41. The van der Waals surface area contributed by atoms with E-state index in [0.29, 0.717) is 24.4 Å². The van der Waals surface area contributed by atoms with Crippen molar-refractivity contribution in [3.63, 3.8) is 0 Å². The summed E-state index contributed by atoms with van der Waals surface area (Å²) >= 11 is 0. The fourth-order valence-corrected chi connectivity index (χ4v) is 2.28. The van der Waals surface area contributed by atoms with E-state index in [1.54, 1.807) is 0 Å². The maximum atomic E-state index is 11.8. The summed E-state index contributed by atoms with van der Waals surface area (Å²) in [7, 11) is 0. The van der Waals surface area contributed by atoms with Crippen LogP contribution < -0.4 is 5.32 Å². The molecule has 0 atom stereocenters. The highest BCUT2D eigenvalue weighted by Crippen LogP contribution is 2.31. The van der Waals surface area contributed by atoms with Crippen molar-refractivity contribution in [2.24, 2.45) is 5.92 Å². The Morgan fingerprint density at radius 2 is 1.82 bits per heavy atom. The lowest BCUT2D eigenvalue weighted by Gasteiger charge is -2.32.